The van der Waals surface area contributed by atoms with E-state index >= 15 is 0 Å². The van der Waals surface area contributed by atoms with Crippen LogP contribution < -0.4 is 14.8 Å². The monoisotopic (exact) mass is 545 g/mol. The third-order valence-corrected chi connectivity index (χ3v) is 5.63. The molecule has 3 rings (SSSR count). The van der Waals surface area contributed by atoms with Crippen molar-refractivity contribution in [2.75, 3.05) is 66.5 Å². The van der Waals surface area contributed by atoms with Crippen LogP contribution in [0, 0.1) is 0 Å². The molecule has 2 fully saturated rings. The number of carbonyl (C=O) groups is 1. The average molecular weight is 545 g/mol. The minimum Gasteiger partial charge on any atom is -0.497 e. The van der Waals surface area contributed by atoms with Crippen LogP contribution in [0.3, 0.4) is 0 Å². The van der Waals surface area contributed by atoms with E-state index in [4.69, 9.17) is 9.47 Å². The van der Waals surface area contributed by atoms with E-state index in [1.54, 1.807) is 14.2 Å². The van der Waals surface area contributed by atoms with Gasteiger partial charge in [0.1, 0.15) is 17.6 Å². The Morgan fingerprint density at radius 1 is 1.10 bits per heavy atom. The fraction of sp³-hybridized carbons (Fsp3) is 0.636. The van der Waals surface area contributed by atoms with Crippen molar-refractivity contribution in [2.45, 2.75) is 25.9 Å². The molecule has 0 saturated carbocycles. The molecular formula is C22H36IN5O3. The summed E-state index contributed by atoms with van der Waals surface area (Å²) in [7, 11) is 3.45. The number of nitrogens with one attached hydrogen (secondary N) is 1. The fourth-order valence-electron chi connectivity index (χ4n) is 3.89. The summed E-state index contributed by atoms with van der Waals surface area (Å²) in [4.78, 5) is 23.3. The molecule has 8 nitrogen and oxygen atoms in total. The molecule has 0 bridgehead atoms. The van der Waals surface area contributed by atoms with Gasteiger partial charge in [0.05, 0.1) is 20.2 Å². The molecule has 2 saturated heterocycles. The molecule has 31 heavy (non-hydrogen) atoms. The largest absolute Gasteiger partial charge is 0.497 e. The summed E-state index contributed by atoms with van der Waals surface area (Å²) in [6.45, 7) is 8.52. The highest BCUT2D eigenvalue weighted by atomic mass is 127. The van der Waals surface area contributed by atoms with E-state index < -0.39 is 0 Å². The first kappa shape index (κ1) is 25.5. The SMILES string of the molecule is CN=C(NCC(C)Oc1cccc(OC)c1)N1CCN(CC(=O)N2CCCC2)CC1.I. The van der Waals surface area contributed by atoms with Crippen LogP contribution in [-0.2, 0) is 4.79 Å². The lowest BCUT2D eigenvalue weighted by molar-refractivity contribution is -0.131. The Morgan fingerprint density at radius 2 is 1.77 bits per heavy atom. The highest BCUT2D eigenvalue weighted by Crippen LogP contribution is 2.19. The van der Waals surface area contributed by atoms with Crippen LogP contribution in [0.15, 0.2) is 29.3 Å². The van der Waals surface area contributed by atoms with Crippen LogP contribution in [0.2, 0.25) is 0 Å². The molecule has 1 N–H and O–H groups in total. The number of benzene rings is 1. The van der Waals surface area contributed by atoms with Gasteiger partial charge in [-0.15, -0.1) is 24.0 Å². The van der Waals surface area contributed by atoms with E-state index in [2.05, 4.69) is 20.1 Å². The summed E-state index contributed by atoms with van der Waals surface area (Å²) in [5, 5.41) is 3.41. The molecule has 0 aliphatic carbocycles. The van der Waals surface area contributed by atoms with Crippen LogP contribution in [-0.4, -0.2) is 99.2 Å². The summed E-state index contributed by atoms with van der Waals surface area (Å²) in [6, 6.07) is 7.63. The number of likely N-dealkylation sites (tertiary alicyclic amines) is 1. The van der Waals surface area contributed by atoms with E-state index in [9.17, 15) is 4.79 Å². The molecule has 1 amide bonds. The van der Waals surface area contributed by atoms with E-state index in [-0.39, 0.29) is 36.0 Å². The molecule has 2 aliphatic heterocycles. The number of rotatable bonds is 7. The van der Waals surface area contributed by atoms with Gasteiger partial charge in [-0.1, -0.05) is 6.07 Å². The van der Waals surface area contributed by atoms with Gasteiger partial charge in [0.25, 0.3) is 0 Å². The van der Waals surface area contributed by atoms with Crippen LogP contribution >= 0.6 is 24.0 Å². The smallest absolute Gasteiger partial charge is 0.236 e. The highest BCUT2D eigenvalue weighted by Gasteiger charge is 2.24. The third kappa shape index (κ3) is 7.71. The molecule has 0 aromatic heterocycles. The zero-order valence-electron chi connectivity index (χ0n) is 18.9. The van der Waals surface area contributed by atoms with Gasteiger partial charge in [-0.25, -0.2) is 0 Å². The number of guanidine groups is 1. The van der Waals surface area contributed by atoms with E-state index in [0.717, 1.165) is 69.6 Å². The average Bonchev–Trinajstić information content (AvgIpc) is 3.30. The van der Waals surface area contributed by atoms with Crippen LogP contribution in [0.5, 0.6) is 11.5 Å². The predicted molar refractivity (Wildman–Crippen MR) is 134 cm³/mol. The van der Waals surface area contributed by atoms with Gasteiger partial charge in [0, 0.05) is 52.4 Å². The second-order valence-electron chi connectivity index (χ2n) is 7.89. The number of ether oxygens (including phenoxy) is 2. The molecule has 0 spiro atoms. The molecule has 1 unspecified atom stereocenters. The lowest BCUT2D eigenvalue weighted by atomic mass is 10.3. The number of halogens is 1. The predicted octanol–water partition coefficient (Wildman–Crippen LogP) is 1.90. The Morgan fingerprint density at radius 3 is 2.42 bits per heavy atom. The Kier molecular flexibility index (Phi) is 10.7. The lowest BCUT2D eigenvalue weighted by Gasteiger charge is -2.36. The van der Waals surface area contributed by atoms with Gasteiger partial charge < -0.3 is 24.6 Å². The van der Waals surface area contributed by atoms with Crippen molar-refractivity contribution >= 4 is 35.8 Å². The topological polar surface area (TPSA) is 69.6 Å². The van der Waals surface area contributed by atoms with Crippen LogP contribution in [0.4, 0.5) is 0 Å². The number of nitrogens with zero attached hydrogens (tertiary/aromatic N) is 4. The van der Waals surface area contributed by atoms with Crippen molar-refractivity contribution in [3.8, 4) is 11.5 Å². The molecule has 0 radical (unpaired) electrons. The maximum atomic E-state index is 12.4. The Labute approximate surface area is 203 Å². The summed E-state index contributed by atoms with van der Waals surface area (Å²) in [6.07, 6.45) is 2.26. The Balaban J connectivity index is 0.00000341. The standard InChI is InChI=1S/C22H35N5O3.HI/c1-18(30-20-8-6-7-19(15-20)29-3)16-24-22(23-2)27-13-11-25(12-14-27)17-21(28)26-9-4-5-10-26;/h6-8,15,18H,4-5,9-14,16-17H2,1-3H3,(H,23,24);1H. The van der Waals surface area contributed by atoms with Gasteiger partial charge in [-0.2, -0.15) is 0 Å². The van der Waals surface area contributed by atoms with Crippen LogP contribution in [0.25, 0.3) is 0 Å². The summed E-state index contributed by atoms with van der Waals surface area (Å²) in [5.74, 6) is 2.72. The first-order valence-electron chi connectivity index (χ1n) is 10.9. The number of methoxy groups -OCH3 is 1. The van der Waals surface area contributed by atoms with Gasteiger partial charge in [0.2, 0.25) is 5.91 Å². The van der Waals surface area contributed by atoms with Crippen molar-refractivity contribution < 1.29 is 14.3 Å². The molecule has 9 heteroatoms. The first-order valence-corrected chi connectivity index (χ1v) is 10.9. The number of carbonyl (C=O) groups excluding carboxylic acids is 1. The molecule has 2 aliphatic rings. The van der Waals surface area contributed by atoms with Crippen molar-refractivity contribution in [1.29, 1.82) is 0 Å². The molecule has 1 aromatic carbocycles. The number of hydrogen-bond acceptors (Lipinski definition) is 5. The van der Waals surface area contributed by atoms with Gasteiger partial charge in [-0.05, 0) is 31.9 Å². The number of amides is 1. The Bertz CT molecular complexity index is 719. The normalized spacial score (nSPS) is 18.4. The van der Waals surface area contributed by atoms with Crippen molar-refractivity contribution in [3.63, 3.8) is 0 Å². The second kappa shape index (κ2) is 12.9. The molecule has 1 atom stereocenters. The minimum atomic E-state index is -0.0202. The lowest BCUT2D eigenvalue weighted by Crippen LogP contribution is -2.54. The second-order valence-corrected chi connectivity index (χ2v) is 7.89. The zero-order valence-corrected chi connectivity index (χ0v) is 21.2. The van der Waals surface area contributed by atoms with Gasteiger partial charge >= 0.3 is 0 Å². The minimum absolute atomic E-state index is 0. The maximum Gasteiger partial charge on any atom is 0.236 e. The van der Waals surface area contributed by atoms with E-state index in [0.29, 0.717) is 13.1 Å². The zero-order chi connectivity index (χ0) is 21.3. The summed E-state index contributed by atoms with van der Waals surface area (Å²) in [5.41, 5.74) is 0. The molecular weight excluding hydrogens is 509 g/mol. The number of hydrogen-bond donors (Lipinski definition) is 1. The first-order chi connectivity index (χ1) is 14.6. The molecule has 174 valence electrons. The number of piperazine rings is 1. The number of aliphatic imine (C=N–C) groups is 1. The van der Waals surface area contributed by atoms with Crippen molar-refractivity contribution in [2.24, 2.45) is 4.99 Å². The quantitative estimate of drug-likeness (QED) is 0.321. The van der Waals surface area contributed by atoms with Crippen molar-refractivity contribution in [1.82, 2.24) is 20.0 Å². The van der Waals surface area contributed by atoms with Gasteiger partial charge in [0.15, 0.2) is 5.96 Å². The highest BCUT2D eigenvalue weighted by molar-refractivity contribution is 14.0. The van der Waals surface area contributed by atoms with E-state index in [1.165, 1.54) is 0 Å². The van der Waals surface area contributed by atoms with E-state index in [1.807, 2.05) is 36.1 Å². The summed E-state index contributed by atoms with van der Waals surface area (Å²) >= 11 is 0. The maximum absolute atomic E-state index is 12.4. The van der Waals surface area contributed by atoms with Crippen LogP contribution in [0.1, 0.15) is 19.8 Å². The molecule has 1 aromatic rings. The third-order valence-electron chi connectivity index (χ3n) is 5.63. The fourth-order valence-corrected chi connectivity index (χ4v) is 3.89. The van der Waals surface area contributed by atoms with Gasteiger partial charge in [-0.3, -0.25) is 14.7 Å². The summed E-state index contributed by atoms with van der Waals surface area (Å²) < 4.78 is 11.2. The Hall–Kier alpha value is -1.75. The molecule has 2 heterocycles. The van der Waals surface area contributed by atoms with Crippen molar-refractivity contribution in [3.05, 3.63) is 24.3 Å².